The molecule has 1 unspecified atom stereocenters. The summed E-state index contributed by atoms with van der Waals surface area (Å²) in [6, 6.07) is 14.2. The molecular formula is C16H15ClFIO. The molecular weight excluding hydrogens is 390 g/mol. The van der Waals surface area contributed by atoms with E-state index in [1.54, 1.807) is 12.1 Å². The molecule has 20 heavy (non-hydrogen) atoms. The quantitative estimate of drug-likeness (QED) is 0.482. The SMILES string of the molecule is CC(CI)(OCc1ccc(Cl)cc1)c1ccccc1F. The normalized spacial score (nSPS) is 14.0. The third-order valence-electron chi connectivity index (χ3n) is 3.17. The summed E-state index contributed by atoms with van der Waals surface area (Å²) in [5.74, 6) is -0.234. The first kappa shape index (κ1) is 15.7. The molecule has 2 aromatic rings. The summed E-state index contributed by atoms with van der Waals surface area (Å²) < 4.78 is 20.6. The second-order valence-electron chi connectivity index (χ2n) is 4.76. The number of hydrogen-bond acceptors (Lipinski definition) is 1. The van der Waals surface area contributed by atoms with E-state index in [4.69, 9.17) is 16.3 Å². The molecule has 0 fully saturated rings. The summed E-state index contributed by atoms with van der Waals surface area (Å²) in [6.45, 7) is 2.33. The van der Waals surface area contributed by atoms with Crippen molar-refractivity contribution in [2.24, 2.45) is 0 Å². The first-order chi connectivity index (χ1) is 9.55. The van der Waals surface area contributed by atoms with E-state index >= 15 is 0 Å². The van der Waals surface area contributed by atoms with E-state index in [-0.39, 0.29) is 5.82 Å². The van der Waals surface area contributed by atoms with Crippen LogP contribution in [0.2, 0.25) is 5.02 Å². The molecule has 2 rings (SSSR count). The summed E-state index contributed by atoms with van der Waals surface area (Å²) >= 11 is 8.08. The van der Waals surface area contributed by atoms with E-state index in [2.05, 4.69) is 22.6 Å². The average molecular weight is 405 g/mol. The Morgan fingerprint density at radius 2 is 1.80 bits per heavy atom. The Morgan fingerprint density at radius 3 is 2.40 bits per heavy atom. The van der Waals surface area contributed by atoms with Gasteiger partial charge in [0.1, 0.15) is 11.4 Å². The number of alkyl halides is 1. The van der Waals surface area contributed by atoms with Crippen LogP contribution in [0.3, 0.4) is 0 Å². The fourth-order valence-corrected chi connectivity index (χ4v) is 2.66. The largest absolute Gasteiger partial charge is 0.365 e. The summed E-state index contributed by atoms with van der Waals surface area (Å²) in [6.07, 6.45) is 0. The monoisotopic (exact) mass is 404 g/mol. The van der Waals surface area contributed by atoms with Crippen LogP contribution >= 0.6 is 34.2 Å². The highest BCUT2D eigenvalue weighted by atomic mass is 127. The Kier molecular flexibility index (Phi) is 5.41. The third-order valence-corrected chi connectivity index (χ3v) is 4.88. The number of rotatable bonds is 5. The van der Waals surface area contributed by atoms with Gasteiger partial charge in [0, 0.05) is 15.0 Å². The lowest BCUT2D eigenvalue weighted by Gasteiger charge is -2.29. The van der Waals surface area contributed by atoms with Crippen molar-refractivity contribution in [3.8, 4) is 0 Å². The molecule has 2 aromatic carbocycles. The highest BCUT2D eigenvalue weighted by Crippen LogP contribution is 2.31. The number of halogens is 3. The molecule has 0 saturated heterocycles. The van der Waals surface area contributed by atoms with Crippen LogP contribution in [-0.2, 0) is 16.9 Å². The van der Waals surface area contributed by atoms with E-state index < -0.39 is 5.60 Å². The van der Waals surface area contributed by atoms with Crippen molar-refractivity contribution < 1.29 is 9.13 Å². The van der Waals surface area contributed by atoms with Crippen LogP contribution < -0.4 is 0 Å². The fraction of sp³-hybridized carbons (Fsp3) is 0.250. The van der Waals surface area contributed by atoms with Crippen molar-refractivity contribution >= 4 is 34.2 Å². The second kappa shape index (κ2) is 6.87. The van der Waals surface area contributed by atoms with E-state index in [1.165, 1.54) is 6.07 Å². The zero-order valence-electron chi connectivity index (χ0n) is 11.1. The Balaban J connectivity index is 2.16. The maximum atomic E-state index is 13.9. The van der Waals surface area contributed by atoms with Gasteiger partial charge in [-0.3, -0.25) is 0 Å². The van der Waals surface area contributed by atoms with Crippen molar-refractivity contribution in [3.63, 3.8) is 0 Å². The van der Waals surface area contributed by atoms with Crippen LogP contribution in [0.5, 0.6) is 0 Å². The molecule has 0 amide bonds. The molecule has 0 aromatic heterocycles. The molecule has 106 valence electrons. The lowest BCUT2D eigenvalue weighted by molar-refractivity contribution is -0.0298. The highest BCUT2D eigenvalue weighted by molar-refractivity contribution is 14.1. The summed E-state index contributed by atoms with van der Waals surface area (Å²) in [5.41, 5.74) is 0.955. The average Bonchev–Trinajstić information content (AvgIpc) is 2.47. The Labute approximate surface area is 137 Å². The van der Waals surface area contributed by atoms with Crippen LogP contribution in [0.15, 0.2) is 48.5 Å². The summed E-state index contributed by atoms with van der Waals surface area (Å²) in [5, 5.41) is 0.694. The third kappa shape index (κ3) is 3.71. The maximum Gasteiger partial charge on any atom is 0.129 e. The molecule has 1 atom stereocenters. The zero-order chi connectivity index (χ0) is 14.6. The fourth-order valence-electron chi connectivity index (χ4n) is 1.90. The van der Waals surface area contributed by atoms with Gasteiger partial charge in [0.05, 0.1) is 6.61 Å². The van der Waals surface area contributed by atoms with Gasteiger partial charge in [-0.2, -0.15) is 0 Å². The molecule has 0 radical (unpaired) electrons. The van der Waals surface area contributed by atoms with Gasteiger partial charge in [-0.25, -0.2) is 4.39 Å². The van der Waals surface area contributed by atoms with Crippen molar-refractivity contribution in [1.82, 2.24) is 0 Å². The molecule has 0 heterocycles. The first-order valence-corrected chi connectivity index (χ1v) is 8.15. The molecule has 4 heteroatoms. The van der Waals surface area contributed by atoms with E-state index in [9.17, 15) is 4.39 Å². The standard InChI is InChI=1S/C16H15ClFIO/c1-16(11-19,14-4-2-3-5-15(14)18)20-10-12-6-8-13(17)9-7-12/h2-9H,10-11H2,1H3. The van der Waals surface area contributed by atoms with Crippen LogP contribution in [-0.4, -0.2) is 4.43 Å². The van der Waals surface area contributed by atoms with Gasteiger partial charge in [0.25, 0.3) is 0 Å². The van der Waals surface area contributed by atoms with Gasteiger partial charge in [-0.1, -0.05) is 64.5 Å². The lowest BCUT2D eigenvalue weighted by atomic mass is 9.97. The second-order valence-corrected chi connectivity index (χ2v) is 5.96. The first-order valence-electron chi connectivity index (χ1n) is 6.24. The zero-order valence-corrected chi connectivity index (χ0v) is 14.0. The predicted octanol–water partition coefficient (Wildman–Crippen LogP) is 5.35. The van der Waals surface area contributed by atoms with E-state index in [0.717, 1.165) is 5.56 Å². The predicted molar refractivity (Wildman–Crippen MR) is 88.9 cm³/mol. The highest BCUT2D eigenvalue weighted by Gasteiger charge is 2.29. The molecule has 0 aliphatic rings. The Bertz CT molecular complexity index is 573. The molecule has 0 spiro atoms. The van der Waals surface area contributed by atoms with Gasteiger partial charge in [0.15, 0.2) is 0 Å². The number of hydrogen-bond donors (Lipinski definition) is 0. The minimum Gasteiger partial charge on any atom is -0.365 e. The van der Waals surface area contributed by atoms with Crippen LogP contribution in [0.4, 0.5) is 4.39 Å². The molecule has 0 aliphatic heterocycles. The van der Waals surface area contributed by atoms with Gasteiger partial charge < -0.3 is 4.74 Å². The minimum atomic E-state index is -0.647. The lowest BCUT2D eigenvalue weighted by Crippen LogP contribution is -2.29. The topological polar surface area (TPSA) is 9.23 Å². The molecule has 0 aliphatic carbocycles. The van der Waals surface area contributed by atoms with Crippen LogP contribution in [0.25, 0.3) is 0 Å². The van der Waals surface area contributed by atoms with Gasteiger partial charge in [0.2, 0.25) is 0 Å². The molecule has 1 nitrogen and oxygen atoms in total. The van der Waals surface area contributed by atoms with Gasteiger partial charge in [-0.05, 0) is 30.7 Å². The van der Waals surface area contributed by atoms with Crippen molar-refractivity contribution in [3.05, 3.63) is 70.5 Å². The number of benzene rings is 2. The van der Waals surface area contributed by atoms with Crippen LogP contribution in [0.1, 0.15) is 18.1 Å². The van der Waals surface area contributed by atoms with Gasteiger partial charge in [-0.15, -0.1) is 0 Å². The molecule has 0 N–H and O–H groups in total. The van der Waals surface area contributed by atoms with Crippen molar-refractivity contribution in [2.45, 2.75) is 19.1 Å². The van der Waals surface area contributed by atoms with E-state index in [1.807, 2.05) is 37.3 Å². The Morgan fingerprint density at radius 1 is 1.15 bits per heavy atom. The summed E-state index contributed by atoms with van der Waals surface area (Å²) in [4.78, 5) is 0. The summed E-state index contributed by atoms with van der Waals surface area (Å²) in [7, 11) is 0. The maximum absolute atomic E-state index is 13.9. The van der Waals surface area contributed by atoms with E-state index in [0.29, 0.717) is 21.6 Å². The Hall–Kier alpha value is -0.650. The molecule has 0 saturated carbocycles. The van der Waals surface area contributed by atoms with Crippen molar-refractivity contribution in [2.75, 3.05) is 4.43 Å². The van der Waals surface area contributed by atoms with Gasteiger partial charge >= 0.3 is 0 Å². The van der Waals surface area contributed by atoms with Crippen molar-refractivity contribution in [1.29, 1.82) is 0 Å². The number of ether oxygens (including phenoxy) is 1. The molecule has 0 bridgehead atoms. The minimum absolute atomic E-state index is 0.234. The van der Waals surface area contributed by atoms with Crippen LogP contribution in [0, 0.1) is 5.82 Å². The smallest absolute Gasteiger partial charge is 0.129 e.